The van der Waals surface area contributed by atoms with E-state index >= 15 is 0 Å². The molecular weight excluding hydrogens is 422 g/mol. The molecule has 0 fully saturated rings. The number of aryl methyl sites for hydroxylation is 1. The van der Waals surface area contributed by atoms with Crippen LogP contribution < -0.4 is 14.8 Å². The molecule has 1 aliphatic rings. The van der Waals surface area contributed by atoms with Gasteiger partial charge >= 0.3 is 0 Å². The second kappa shape index (κ2) is 10.1. The van der Waals surface area contributed by atoms with Gasteiger partial charge < -0.3 is 14.8 Å². The minimum absolute atomic E-state index is 0.113. The lowest BCUT2D eigenvalue weighted by molar-refractivity contribution is -0.118. The standard InChI is InChI=1S/C25H23N3O3S/c1-30-22-8-4-3-7-21(22)28-24(29)16-31-18-12-10-17(11-13-18)15-27-25-20(14-26)19-6-2-5-9-23(19)32-25/h3-4,7-8,10-13,15H,2,5-6,9,16H2,1H3,(H,28,29). The Morgan fingerprint density at radius 3 is 2.75 bits per heavy atom. The van der Waals surface area contributed by atoms with Gasteiger partial charge in [-0.1, -0.05) is 12.1 Å². The minimum Gasteiger partial charge on any atom is -0.495 e. The van der Waals surface area contributed by atoms with E-state index in [-0.39, 0.29) is 12.5 Å². The highest BCUT2D eigenvalue weighted by molar-refractivity contribution is 7.16. The number of aliphatic imine (C=N–C) groups is 1. The number of nitrogens with zero attached hydrogens (tertiary/aromatic N) is 2. The Morgan fingerprint density at radius 1 is 1.19 bits per heavy atom. The number of para-hydroxylation sites is 2. The van der Waals surface area contributed by atoms with Gasteiger partial charge in [-0.2, -0.15) is 5.26 Å². The smallest absolute Gasteiger partial charge is 0.262 e. The number of hydrogen-bond acceptors (Lipinski definition) is 6. The number of nitriles is 1. The highest BCUT2D eigenvalue weighted by atomic mass is 32.1. The third-order valence-corrected chi connectivity index (χ3v) is 6.43. The first-order valence-corrected chi connectivity index (χ1v) is 11.2. The lowest BCUT2D eigenvalue weighted by atomic mass is 9.96. The first-order chi connectivity index (χ1) is 15.7. The third-order valence-electron chi connectivity index (χ3n) is 5.23. The average molecular weight is 446 g/mol. The Balaban J connectivity index is 1.35. The summed E-state index contributed by atoms with van der Waals surface area (Å²) in [6.07, 6.45) is 6.10. The van der Waals surface area contributed by atoms with Crippen LogP contribution in [-0.4, -0.2) is 25.8 Å². The van der Waals surface area contributed by atoms with Gasteiger partial charge in [0.25, 0.3) is 5.91 Å². The van der Waals surface area contributed by atoms with Gasteiger partial charge in [0.2, 0.25) is 0 Å². The van der Waals surface area contributed by atoms with Crippen molar-refractivity contribution in [3.8, 4) is 17.6 Å². The van der Waals surface area contributed by atoms with Crippen LogP contribution >= 0.6 is 11.3 Å². The van der Waals surface area contributed by atoms with Crippen molar-refractivity contribution in [2.24, 2.45) is 4.99 Å². The summed E-state index contributed by atoms with van der Waals surface area (Å²) in [4.78, 5) is 18.1. The molecule has 3 aromatic rings. The number of benzene rings is 2. The molecule has 4 rings (SSSR count). The predicted octanol–water partition coefficient (Wildman–Crippen LogP) is 5.28. The van der Waals surface area contributed by atoms with Crippen LogP contribution in [0.5, 0.6) is 11.5 Å². The molecule has 0 saturated heterocycles. The summed E-state index contributed by atoms with van der Waals surface area (Å²) in [5.41, 5.74) is 3.40. The topological polar surface area (TPSA) is 83.7 Å². The average Bonchev–Trinajstić information content (AvgIpc) is 3.20. The lowest BCUT2D eigenvalue weighted by Gasteiger charge is -2.10. The van der Waals surface area contributed by atoms with Crippen LogP contribution in [0.3, 0.4) is 0 Å². The molecule has 0 bridgehead atoms. The number of anilines is 1. The fourth-order valence-electron chi connectivity index (χ4n) is 3.62. The normalized spacial score (nSPS) is 12.8. The maximum absolute atomic E-state index is 12.2. The zero-order valence-corrected chi connectivity index (χ0v) is 18.6. The van der Waals surface area contributed by atoms with Crippen molar-refractivity contribution < 1.29 is 14.3 Å². The van der Waals surface area contributed by atoms with E-state index in [1.807, 2.05) is 24.3 Å². The van der Waals surface area contributed by atoms with Crippen LogP contribution in [0.15, 0.2) is 53.5 Å². The van der Waals surface area contributed by atoms with Gasteiger partial charge in [-0.25, -0.2) is 4.99 Å². The van der Waals surface area contributed by atoms with Gasteiger partial charge in [0, 0.05) is 11.1 Å². The van der Waals surface area contributed by atoms with E-state index in [4.69, 9.17) is 9.47 Å². The number of amides is 1. The summed E-state index contributed by atoms with van der Waals surface area (Å²) in [5.74, 6) is 0.906. The van der Waals surface area contributed by atoms with E-state index in [1.165, 1.54) is 16.9 Å². The van der Waals surface area contributed by atoms with Gasteiger partial charge in [-0.15, -0.1) is 11.3 Å². The molecule has 2 aromatic carbocycles. The highest BCUT2D eigenvalue weighted by Gasteiger charge is 2.20. The summed E-state index contributed by atoms with van der Waals surface area (Å²) in [5, 5.41) is 13.1. The van der Waals surface area contributed by atoms with Crippen molar-refractivity contribution in [2.75, 3.05) is 19.0 Å². The predicted molar refractivity (Wildman–Crippen MR) is 126 cm³/mol. The van der Waals surface area contributed by atoms with E-state index in [1.54, 1.807) is 48.9 Å². The number of hydrogen-bond donors (Lipinski definition) is 1. The Bertz CT molecular complexity index is 1180. The van der Waals surface area contributed by atoms with E-state index in [0.717, 1.165) is 35.4 Å². The molecule has 1 aliphatic carbocycles. The van der Waals surface area contributed by atoms with Gasteiger partial charge in [-0.05, 0) is 73.2 Å². The second-order valence-electron chi connectivity index (χ2n) is 7.37. The molecule has 1 N–H and O–H groups in total. The molecule has 162 valence electrons. The number of carbonyl (C=O) groups is 1. The van der Waals surface area contributed by atoms with E-state index in [2.05, 4.69) is 16.4 Å². The first-order valence-electron chi connectivity index (χ1n) is 10.4. The molecule has 7 heteroatoms. The van der Waals surface area contributed by atoms with Gasteiger partial charge in [-0.3, -0.25) is 4.79 Å². The quantitative estimate of drug-likeness (QED) is 0.502. The lowest BCUT2D eigenvalue weighted by Crippen LogP contribution is -2.20. The Morgan fingerprint density at radius 2 is 1.97 bits per heavy atom. The number of rotatable bonds is 7. The van der Waals surface area contributed by atoms with Gasteiger partial charge in [0.05, 0.1) is 18.4 Å². The van der Waals surface area contributed by atoms with Crippen molar-refractivity contribution in [3.05, 3.63) is 70.1 Å². The molecule has 0 aliphatic heterocycles. The van der Waals surface area contributed by atoms with Gasteiger partial charge in [0.1, 0.15) is 22.6 Å². The number of nitrogens with one attached hydrogen (secondary N) is 1. The van der Waals surface area contributed by atoms with Crippen LogP contribution in [0.2, 0.25) is 0 Å². The van der Waals surface area contributed by atoms with E-state index < -0.39 is 0 Å². The number of ether oxygens (including phenoxy) is 2. The summed E-state index contributed by atoms with van der Waals surface area (Å²) in [7, 11) is 1.56. The molecule has 1 amide bonds. The maximum Gasteiger partial charge on any atom is 0.262 e. The minimum atomic E-state index is -0.272. The fourth-order valence-corrected chi connectivity index (χ4v) is 4.81. The second-order valence-corrected chi connectivity index (χ2v) is 8.45. The Kier molecular flexibility index (Phi) is 6.83. The zero-order valence-electron chi connectivity index (χ0n) is 17.8. The molecule has 0 saturated carbocycles. The largest absolute Gasteiger partial charge is 0.495 e. The maximum atomic E-state index is 12.2. The molecule has 6 nitrogen and oxygen atoms in total. The Hall–Kier alpha value is -3.63. The van der Waals surface area contributed by atoms with Crippen LogP contribution in [0.25, 0.3) is 0 Å². The summed E-state index contributed by atoms with van der Waals surface area (Å²) in [6, 6.07) is 16.9. The molecule has 32 heavy (non-hydrogen) atoms. The van der Waals surface area contributed by atoms with Crippen molar-refractivity contribution in [2.45, 2.75) is 25.7 Å². The molecule has 0 spiro atoms. The number of fused-ring (bicyclic) bond motifs is 1. The molecular formula is C25H23N3O3S. The van der Waals surface area contributed by atoms with Crippen molar-refractivity contribution in [3.63, 3.8) is 0 Å². The molecule has 0 unspecified atom stereocenters. The van der Waals surface area contributed by atoms with Crippen LogP contribution in [-0.2, 0) is 17.6 Å². The third kappa shape index (κ3) is 4.98. The summed E-state index contributed by atoms with van der Waals surface area (Å²) >= 11 is 1.62. The number of carbonyl (C=O) groups excluding carboxylic acids is 1. The fraction of sp³-hybridized carbons (Fsp3) is 0.240. The SMILES string of the molecule is COc1ccccc1NC(=O)COc1ccc(C=Nc2sc3c(c2C#N)CCCC3)cc1. The van der Waals surface area contributed by atoms with E-state index in [9.17, 15) is 10.1 Å². The molecule has 0 atom stereocenters. The summed E-state index contributed by atoms with van der Waals surface area (Å²) < 4.78 is 10.8. The van der Waals surface area contributed by atoms with Crippen LogP contribution in [0.4, 0.5) is 10.7 Å². The Labute approximate surface area is 191 Å². The van der Waals surface area contributed by atoms with Crippen molar-refractivity contribution in [1.29, 1.82) is 5.26 Å². The van der Waals surface area contributed by atoms with E-state index in [0.29, 0.717) is 17.2 Å². The zero-order chi connectivity index (χ0) is 22.3. The van der Waals surface area contributed by atoms with Crippen LogP contribution in [0.1, 0.15) is 34.4 Å². The molecule has 1 heterocycles. The van der Waals surface area contributed by atoms with Crippen molar-refractivity contribution >= 4 is 34.1 Å². The first kappa shape index (κ1) is 21.6. The highest BCUT2D eigenvalue weighted by Crippen LogP contribution is 2.39. The molecule has 0 radical (unpaired) electrons. The molecule has 1 aromatic heterocycles. The number of thiophene rings is 1. The van der Waals surface area contributed by atoms with Crippen molar-refractivity contribution in [1.82, 2.24) is 0 Å². The summed E-state index contributed by atoms with van der Waals surface area (Å²) in [6.45, 7) is -0.113. The monoisotopic (exact) mass is 445 g/mol. The van der Waals surface area contributed by atoms with Crippen LogP contribution in [0, 0.1) is 11.3 Å². The van der Waals surface area contributed by atoms with Gasteiger partial charge in [0.15, 0.2) is 6.61 Å². The number of methoxy groups -OCH3 is 1.